The molecule has 0 heterocycles. The Balaban J connectivity index is 2.15. The monoisotopic (exact) mass is 362 g/mol. The summed E-state index contributed by atoms with van der Waals surface area (Å²) in [5.74, 6) is -0.195. The van der Waals surface area contributed by atoms with Crippen LogP contribution in [-0.2, 0) is 0 Å². The summed E-state index contributed by atoms with van der Waals surface area (Å²) in [4.78, 5) is 15.8. The van der Waals surface area contributed by atoms with Crippen molar-refractivity contribution in [2.24, 2.45) is 0 Å². The highest BCUT2D eigenvalue weighted by Gasteiger charge is 2.12. The third-order valence-corrected chi connectivity index (χ3v) is 4.89. The van der Waals surface area contributed by atoms with Crippen LogP contribution in [0.25, 0.3) is 0 Å². The molecule has 0 unspecified atom stereocenters. The van der Waals surface area contributed by atoms with Gasteiger partial charge in [-0.2, -0.15) is 0 Å². The number of halogens is 1. The smallest absolute Gasteiger partial charge is 0.257 e. The Morgan fingerprint density at radius 2 is 1.88 bits per heavy atom. The summed E-state index contributed by atoms with van der Waals surface area (Å²) in [5, 5.41) is 3.37. The minimum atomic E-state index is -0.195. The van der Waals surface area contributed by atoms with E-state index in [0.717, 1.165) is 22.8 Å². The number of benzene rings is 2. The van der Waals surface area contributed by atoms with Crippen LogP contribution in [0.5, 0.6) is 0 Å². The van der Waals surface area contributed by atoms with Crippen LogP contribution in [0, 0.1) is 0 Å². The molecule has 2 aromatic rings. The molecule has 5 heteroatoms. The summed E-state index contributed by atoms with van der Waals surface area (Å²) in [7, 11) is 0. The third-order valence-electron chi connectivity index (χ3n) is 3.84. The molecule has 128 valence electrons. The molecule has 0 bridgehead atoms. The first kappa shape index (κ1) is 18.7. The topological polar surface area (TPSA) is 32.3 Å². The van der Waals surface area contributed by atoms with Gasteiger partial charge in [0.1, 0.15) is 0 Å². The third kappa shape index (κ3) is 4.46. The minimum absolute atomic E-state index is 0.195. The number of hydrogen-bond acceptors (Lipinski definition) is 3. The number of thioether (sulfide) groups is 1. The molecule has 0 radical (unpaired) electrons. The highest BCUT2D eigenvalue weighted by atomic mass is 35.5. The van der Waals surface area contributed by atoms with Crippen molar-refractivity contribution in [1.82, 2.24) is 0 Å². The van der Waals surface area contributed by atoms with E-state index in [0.29, 0.717) is 16.6 Å². The minimum Gasteiger partial charge on any atom is -0.369 e. The first-order chi connectivity index (χ1) is 11.5. The number of nitrogens with zero attached hydrogens (tertiary/aromatic N) is 1. The van der Waals surface area contributed by atoms with Gasteiger partial charge in [-0.25, -0.2) is 0 Å². The Morgan fingerprint density at radius 1 is 1.21 bits per heavy atom. The molecule has 1 N–H and O–H groups in total. The molecular weight excluding hydrogens is 340 g/mol. The van der Waals surface area contributed by atoms with E-state index in [1.54, 1.807) is 17.8 Å². The number of anilines is 2. The summed E-state index contributed by atoms with van der Waals surface area (Å²) in [6.07, 6.45) is 1.97. The van der Waals surface area contributed by atoms with Crippen molar-refractivity contribution >= 4 is 40.6 Å². The van der Waals surface area contributed by atoms with Crippen LogP contribution in [0.2, 0.25) is 5.02 Å². The molecule has 24 heavy (non-hydrogen) atoms. The van der Waals surface area contributed by atoms with Crippen molar-refractivity contribution in [3.8, 4) is 0 Å². The van der Waals surface area contributed by atoms with Gasteiger partial charge in [0.2, 0.25) is 0 Å². The molecule has 0 aliphatic rings. The van der Waals surface area contributed by atoms with Gasteiger partial charge in [-0.1, -0.05) is 11.6 Å². The molecule has 0 aliphatic carbocycles. The Labute approximate surface area is 153 Å². The van der Waals surface area contributed by atoms with Crippen LogP contribution in [0.3, 0.4) is 0 Å². The summed E-state index contributed by atoms with van der Waals surface area (Å²) in [6.45, 7) is 7.41. The second-order valence-electron chi connectivity index (χ2n) is 5.73. The summed E-state index contributed by atoms with van der Waals surface area (Å²) < 4.78 is 0. The highest BCUT2D eigenvalue weighted by Crippen LogP contribution is 2.25. The van der Waals surface area contributed by atoms with Gasteiger partial charge in [0.05, 0.1) is 10.6 Å². The maximum absolute atomic E-state index is 12.5. The van der Waals surface area contributed by atoms with Crippen LogP contribution in [-0.4, -0.2) is 24.7 Å². The van der Waals surface area contributed by atoms with Gasteiger partial charge in [-0.05, 0) is 69.5 Å². The van der Waals surface area contributed by atoms with Crippen molar-refractivity contribution in [3.63, 3.8) is 0 Å². The first-order valence-corrected chi connectivity index (χ1v) is 9.58. The number of rotatable bonds is 6. The maximum Gasteiger partial charge on any atom is 0.257 e. The normalized spacial score (nSPS) is 10.8. The second kappa shape index (κ2) is 8.45. The lowest BCUT2D eigenvalue weighted by atomic mass is 10.2. The number of carbonyl (C=O) groups is 1. The zero-order chi connectivity index (χ0) is 17.7. The summed E-state index contributed by atoms with van der Waals surface area (Å²) in [5.41, 5.74) is 2.40. The number of carbonyl (C=O) groups excluding carboxylic acids is 1. The number of hydrogen-bond donors (Lipinski definition) is 1. The standard InChI is InChI=1S/C19H23ClN2OS/c1-5-22(13(2)3)15-8-6-14(7-9-15)21-19(23)17-12-16(24-4)10-11-18(17)20/h6-13H,5H2,1-4H3,(H,21,23). The van der Waals surface area contributed by atoms with E-state index in [4.69, 9.17) is 11.6 Å². The van der Waals surface area contributed by atoms with Crippen LogP contribution in [0.1, 0.15) is 31.1 Å². The van der Waals surface area contributed by atoms with Crippen molar-refractivity contribution in [2.75, 3.05) is 23.0 Å². The summed E-state index contributed by atoms with van der Waals surface area (Å²) in [6, 6.07) is 13.8. The zero-order valence-electron chi connectivity index (χ0n) is 14.5. The fourth-order valence-corrected chi connectivity index (χ4v) is 3.23. The SMILES string of the molecule is CCN(c1ccc(NC(=O)c2cc(SC)ccc2Cl)cc1)C(C)C. The van der Waals surface area contributed by atoms with Crippen molar-refractivity contribution < 1.29 is 4.79 Å². The van der Waals surface area contributed by atoms with E-state index in [2.05, 4.69) is 31.0 Å². The molecule has 0 fully saturated rings. The number of amides is 1. The molecule has 0 aromatic heterocycles. The molecule has 0 saturated heterocycles. The van der Waals surface area contributed by atoms with Gasteiger partial charge < -0.3 is 10.2 Å². The van der Waals surface area contributed by atoms with Crippen LogP contribution < -0.4 is 10.2 Å². The average molecular weight is 363 g/mol. The largest absolute Gasteiger partial charge is 0.369 e. The molecule has 0 spiro atoms. The van der Waals surface area contributed by atoms with Crippen LogP contribution in [0.4, 0.5) is 11.4 Å². The molecule has 2 aromatic carbocycles. The molecule has 2 rings (SSSR count). The fourth-order valence-electron chi connectivity index (χ4n) is 2.59. The van der Waals surface area contributed by atoms with Gasteiger partial charge in [0, 0.05) is 28.9 Å². The van der Waals surface area contributed by atoms with Crippen molar-refractivity contribution in [3.05, 3.63) is 53.1 Å². The van der Waals surface area contributed by atoms with Gasteiger partial charge in [-0.3, -0.25) is 4.79 Å². The Hall–Kier alpha value is -1.65. The lowest BCUT2D eigenvalue weighted by Crippen LogP contribution is -2.30. The van der Waals surface area contributed by atoms with E-state index >= 15 is 0 Å². The molecule has 3 nitrogen and oxygen atoms in total. The lowest BCUT2D eigenvalue weighted by Gasteiger charge is -2.27. The van der Waals surface area contributed by atoms with E-state index < -0.39 is 0 Å². The fraction of sp³-hybridized carbons (Fsp3) is 0.316. The second-order valence-corrected chi connectivity index (χ2v) is 7.01. The van der Waals surface area contributed by atoms with Gasteiger partial charge in [0.15, 0.2) is 0 Å². The Morgan fingerprint density at radius 3 is 2.42 bits per heavy atom. The molecule has 0 aliphatic heterocycles. The Bertz CT molecular complexity index is 701. The predicted molar refractivity (Wildman–Crippen MR) is 106 cm³/mol. The predicted octanol–water partition coefficient (Wildman–Crippen LogP) is 5.55. The summed E-state index contributed by atoms with van der Waals surface area (Å²) >= 11 is 7.74. The van der Waals surface area contributed by atoms with Gasteiger partial charge in [-0.15, -0.1) is 11.8 Å². The molecule has 0 atom stereocenters. The molecule has 0 saturated carbocycles. The number of nitrogens with one attached hydrogen (secondary N) is 1. The van der Waals surface area contributed by atoms with Gasteiger partial charge in [0.25, 0.3) is 5.91 Å². The van der Waals surface area contributed by atoms with Crippen LogP contribution in [0.15, 0.2) is 47.4 Å². The van der Waals surface area contributed by atoms with E-state index in [-0.39, 0.29) is 5.91 Å². The lowest BCUT2D eigenvalue weighted by molar-refractivity contribution is 0.102. The highest BCUT2D eigenvalue weighted by molar-refractivity contribution is 7.98. The van der Waals surface area contributed by atoms with E-state index in [1.165, 1.54) is 0 Å². The molecule has 1 amide bonds. The first-order valence-electron chi connectivity index (χ1n) is 7.97. The average Bonchev–Trinajstić information content (AvgIpc) is 2.57. The van der Waals surface area contributed by atoms with Crippen LogP contribution >= 0.6 is 23.4 Å². The zero-order valence-corrected chi connectivity index (χ0v) is 16.0. The Kier molecular flexibility index (Phi) is 6.58. The van der Waals surface area contributed by atoms with E-state index in [1.807, 2.05) is 42.7 Å². The maximum atomic E-state index is 12.5. The quantitative estimate of drug-likeness (QED) is 0.684. The van der Waals surface area contributed by atoms with Crippen molar-refractivity contribution in [2.45, 2.75) is 31.7 Å². The van der Waals surface area contributed by atoms with Crippen molar-refractivity contribution in [1.29, 1.82) is 0 Å². The van der Waals surface area contributed by atoms with E-state index in [9.17, 15) is 4.79 Å². The van der Waals surface area contributed by atoms with Gasteiger partial charge >= 0.3 is 0 Å². The molecular formula is C19H23ClN2OS.